The summed E-state index contributed by atoms with van der Waals surface area (Å²) < 4.78 is 0. The molecule has 1 atom stereocenters. The molecule has 0 fully saturated rings. The van der Waals surface area contributed by atoms with Crippen LogP contribution in [-0.2, 0) is 22.4 Å². The average molecular weight is 451 g/mol. The van der Waals surface area contributed by atoms with E-state index in [-0.39, 0.29) is 42.0 Å². The van der Waals surface area contributed by atoms with E-state index in [2.05, 4.69) is 15.3 Å². The summed E-state index contributed by atoms with van der Waals surface area (Å²) in [4.78, 5) is 56.0. The lowest BCUT2D eigenvalue weighted by Crippen LogP contribution is -2.43. The summed E-state index contributed by atoms with van der Waals surface area (Å²) in [5.41, 5.74) is 8.65. The van der Waals surface area contributed by atoms with E-state index >= 15 is 0 Å². The molecule has 2 heterocycles. The third-order valence-corrected chi connectivity index (χ3v) is 5.72. The van der Waals surface area contributed by atoms with Gasteiger partial charge in [-0.05, 0) is 49.4 Å². The minimum atomic E-state index is -0.685. The van der Waals surface area contributed by atoms with Crippen LogP contribution in [0, 0.1) is 5.92 Å². The number of aromatic amines is 1. The highest BCUT2D eigenvalue weighted by molar-refractivity contribution is 6.15. The number of rotatable bonds is 10. The third kappa shape index (κ3) is 6.03. The van der Waals surface area contributed by atoms with Crippen LogP contribution in [0.25, 0.3) is 0 Å². The number of Topliss-reactive ketones (excluding diaryl/α,β-unsaturated/α-hetero) is 3. The van der Waals surface area contributed by atoms with Gasteiger partial charge in [-0.15, -0.1) is 0 Å². The maximum atomic E-state index is 12.7. The number of ketones is 3. The molecule has 8 nitrogen and oxygen atoms in total. The van der Waals surface area contributed by atoms with Crippen molar-refractivity contribution in [1.82, 2.24) is 10.3 Å². The first-order valence-electron chi connectivity index (χ1n) is 11.1. The first-order valence-corrected chi connectivity index (χ1v) is 11.1. The molecule has 1 aromatic heterocycles. The molecule has 0 aliphatic carbocycles. The number of amides is 1. The van der Waals surface area contributed by atoms with Crippen LogP contribution < -0.4 is 11.1 Å². The van der Waals surface area contributed by atoms with E-state index in [1.165, 1.54) is 6.92 Å². The summed E-state index contributed by atoms with van der Waals surface area (Å²) in [6.07, 6.45) is 3.80. The van der Waals surface area contributed by atoms with Gasteiger partial charge in [-0.2, -0.15) is 0 Å². The Morgan fingerprint density at radius 2 is 1.85 bits per heavy atom. The molecule has 0 unspecified atom stereocenters. The molecule has 3 rings (SSSR count). The standard InChI is InChI=1S/C25H30N4O4/c1-14(2)23(32)19(11-4-15(3)30)28-25(33)17-8-5-16(6-9-17)7-10-18-13-27-24-22(18)20(31)12-21(26)29-24/h5-6,8-9,13-14,19,27H,4,7,10-12H2,1-3H3,(H2,26,29)(H,28,33)/t19-/m0/s1. The van der Waals surface area contributed by atoms with Gasteiger partial charge < -0.3 is 20.8 Å². The molecule has 174 valence electrons. The number of fused-ring (bicyclic) bond motifs is 1. The Bertz CT molecular complexity index is 1100. The Morgan fingerprint density at radius 3 is 2.48 bits per heavy atom. The van der Waals surface area contributed by atoms with Crippen LogP contribution >= 0.6 is 0 Å². The van der Waals surface area contributed by atoms with Crippen LogP contribution in [0.15, 0.2) is 35.5 Å². The normalized spacial score (nSPS) is 13.9. The van der Waals surface area contributed by atoms with Crippen molar-refractivity contribution in [2.24, 2.45) is 16.6 Å². The molecular weight excluding hydrogens is 420 g/mol. The summed E-state index contributed by atoms with van der Waals surface area (Å²) in [6, 6.07) is 6.47. The van der Waals surface area contributed by atoms with Crippen molar-refractivity contribution in [2.75, 3.05) is 0 Å². The number of hydrogen-bond donors (Lipinski definition) is 3. The first-order chi connectivity index (χ1) is 15.7. The van der Waals surface area contributed by atoms with Crippen LogP contribution in [-0.4, -0.2) is 40.1 Å². The molecule has 0 saturated heterocycles. The van der Waals surface area contributed by atoms with Crippen LogP contribution in [0.1, 0.15) is 71.9 Å². The van der Waals surface area contributed by atoms with Gasteiger partial charge in [0.1, 0.15) is 17.4 Å². The van der Waals surface area contributed by atoms with Crippen molar-refractivity contribution in [1.29, 1.82) is 0 Å². The number of benzene rings is 1. The number of aromatic nitrogens is 1. The van der Waals surface area contributed by atoms with Crippen molar-refractivity contribution in [3.05, 3.63) is 52.7 Å². The Labute approximate surface area is 193 Å². The van der Waals surface area contributed by atoms with Crippen molar-refractivity contribution in [2.45, 2.75) is 58.9 Å². The molecule has 4 N–H and O–H groups in total. The van der Waals surface area contributed by atoms with E-state index in [9.17, 15) is 19.2 Å². The summed E-state index contributed by atoms with van der Waals surface area (Å²) in [5, 5.41) is 2.78. The van der Waals surface area contributed by atoms with E-state index in [1.807, 2.05) is 12.1 Å². The number of aryl methyl sites for hydroxylation is 2. The maximum absolute atomic E-state index is 12.7. The van der Waals surface area contributed by atoms with Crippen LogP contribution in [0.4, 0.5) is 5.82 Å². The van der Waals surface area contributed by atoms with Gasteiger partial charge in [0, 0.05) is 24.1 Å². The van der Waals surface area contributed by atoms with E-state index in [4.69, 9.17) is 5.73 Å². The zero-order valence-corrected chi connectivity index (χ0v) is 19.2. The second-order valence-corrected chi connectivity index (χ2v) is 8.76. The summed E-state index contributed by atoms with van der Waals surface area (Å²) in [7, 11) is 0. The Kier molecular flexibility index (Phi) is 7.58. The van der Waals surface area contributed by atoms with Gasteiger partial charge in [-0.1, -0.05) is 26.0 Å². The van der Waals surface area contributed by atoms with Gasteiger partial charge in [0.2, 0.25) is 0 Å². The van der Waals surface area contributed by atoms with Gasteiger partial charge in [0.25, 0.3) is 5.91 Å². The lowest BCUT2D eigenvalue weighted by atomic mass is 9.96. The maximum Gasteiger partial charge on any atom is 0.251 e. The quantitative estimate of drug-likeness (QED) is 0.511. The van der Waals surface area contributed by atoms with Gasteiger partial charge in [-0.25, -0.2) is 4.99 Å². The number of carbonyl (C=O) groups is 4. The molecule has 1 aliphatic rings. The third-order valence-electron chi connectivity index (χ3n) is 5.72. The molecule has 1 aromatic carbocycles. The lowest BCUT2D eigenvalue weighted by molar-refractivity contribution is -0.124. The summed E-state index contributed by atoms with van der Waals surface area (Å²) >= 11 is 0. The van der Waals surface area contributed by atoms with E-state index < -0.39 is 6.04 Å². The van der Waals surface area contributed by atoms with Crippen molar-refractivity contribution in [3.8, 4) is 0 Å². The van der Waals surface area contributed by atoms with Crippen molar-refractivity contribution in [3.63, 3.8) is 0 Å². The Hall–Kier alpha value is -3.55. The number of aliphatic imine (C=N–C) groups is 1. The highest BCUT2D eigenvalue weighted by atomic mass is 16.2. The summed E-state index contributed by atoms with van der Waals surface area (Å²) in [6.45, 7) is 5.03. The minimum Gasteiger partial charge on any atom is -0.387 e. The number of nitrogens with zero attached hydrogens (tertiary/aromatic N) is 1. The predicted molar refractivity (Wildman–Crippen MR) is 126 cm³/mol. The molecule has 2 aromatic rings. The van der Waals surface area contributed by atoms with E-state index in [0.717, 1.165) is 11.1 Å². The molecule has 0 spiro atoms. The number of amidine groups is 1. The lowest BCUT2D eigenvalue weighted by Gasteiger charge is -2.19. The monoisotopic (exact) mass is 450 g/mol. The van der Waals surface area contributed by atoms with Gasteiger partial charge in [0.05, 0.1) is 18.0 Å². The zero-order valence-electron chi connectivity index (χ0n) is 19.2. The second kappa shape index (κ2) is 10.4. The largest absolute Gasteiger partial charge is 0.387 e. The van der Waals surface area contributed by atoms with E-state index in [1.54, 1.807) is 32.2 Å². The highest BCUT2D eigenvalue weighted by Gasteiger charge is 2.25. The SMILES string of the molecule is CC(=O)CC[C@H](NC(=O)c1ccc(CCc2c[nH]c3c2C(=O)CC(N)=N3)cc1)C(=O)C(C)C. The second-order valence-electron chi connectivity index (χ2n) is 8.76. The molecule has 1 amide bonds. The fourth-order valence-corrected chi connectivity index (χ4v) is 3.86. The van der Waals surface area contributed by atoms with Gasteiger partial charge in [-0.3, -0.25) is 14.4 Å². The van der Waals surface area contributed by atoms with Crippen LogP contribution in [0.2, 0.25) is 0 Å². The number of nitrogens with two attached hydrogens (primary N) is 1. The van der Waals surface area contributed by atoms with Gasteiger partial charge in [0.15, 0.2) is 11.6 Å². The Morgan fingerprint density at radius 1 is 1.15 bits per heavy atom. The topological polar surface area (TPSA) is 134 Å². The minimum absolute atomic E-state index is 0.0178. The zero-order chi connectivity index (χ0) is 24.1. The Balaban J connectivity index is 1.63. The molecule has 0 saturated carbocycles. The fourth-order valence-electron chi connectivity index (χ4n) is 3.86. The predicted octanol–water partition coefficient (Wildman–Crippen LogP) is 3.07. The van der Waals surface area contributed by atoms with Crippen LogP contribution in [0.5, 0.6) is 0 Å². The number of H-pyrrole nitrogens is 1. The molecule has 33 heavy (non-hydrogen) atoms. The van der Waals surface area contributed by atoms with Crippen LogP contribution in [0.3, 0.4) is 0 Å². The number of carbonyl (C=O) groups excluding carboxylic acids is 4. The molecule has 0 radical (unpaired) electrons. The summed E-state index contributed by atoms with van der Waals surface area (Å²) in [5.74, 6) is 0.112. The van der Waals surface area contributed by atoms with Gasteiger partial charge >= 0.3 is 0 Å². The molecule has 8 heteroatoms. The molecule has 0 bridgehead atoms. The first kappa shape index (κ1) is 24.1. The fraction of sp³-hybridized carbons (Fsp3) is 0.400. The number of nitrogens with one attached hydrogen (secondary N) is 2. The highest BCUT2D eigenvalue weighted by Crippen LogP contribution is 2.28. The smallest absolute Gasteiger partial charge is 0.251 e. The average Bonchev–Trinajstić information content (AvgIpc) is 3.17. The van der Waals surface area contributed by atoms with Crippen molar-refractivity contribution < 1.29 is 19.2 Å². The molecular formula is C25H30N4O4. The number of hydrogen-bond acceptors (Lipinski definition) is 6. The molecule has 1 aliphatic heterocycles. The van der Waals surface area contributed by atoms with Crippen molar-refractivity contribution >= 4 is 34.9 Å². The van der Waals surface area contributed by atoms with E-state index in [0.29, 0.717) is 42.0 Å².